The second-order valence-electron chi connectivity index (χ2n) is 4.84. The monoisotopic (exact) mass is 273 g/mol. The van der Waals surface area contributed by atoms with Gasteiger partial charge in [0.25, 0.3) is 5.91 Å². The summed E-state index contributed by atoms with van der Waals surface area (Å²) in [5.41, 5.74) is 2.16. The molecule has 0 unspecified atom stereocenters. The van der Waals surface area contributed by atoms with Crippen LogP contribution < -0.4 is 5.32 Å². The van der Waals surface area contributed by atoms with E-state index in [1.165, 1.54) is 6.26 Å². The second kappa shape index (κ2) is 6.91. The van der Waals surface area contributed by atoms with Crippen LogP contribution in [0.4, 0.5) is 0 Å². The maximum absolute atomic E-state index is 11.7. The fourth-order valence-electron chi connectivity index (χ4n) is 1.69. The van der Waals surface area contributed by atoms with E-state index in [9.17, 15) is 4.79 Å². The molecule has 4 heteroatoms. The Morgan fingerprint density at radius 1 is 1.20 bits per heavy atom. The van der Waals surface area contributed by atoms with Crippen molar-refractivity contribution >= 4 is 5.91 Å². The van der Waals surface area contributed by atoms with Crippen LogP contribution in [0.1, 0.15) is 35.5 Å². The van der Waals surface area contributed by atoms with Crippen molar-refractivity contribution in [3.05, 3.63) is 59.5 Å². The van der Waals surface area contributed by atoms with Gasteiger partial charge in [0.2, 0.25) is 0 Å². The number of benzene rings is 1. The van der Waals surface area contributed by atoms with E-state index >= 15 is 0 Å². The molecule has 0 radical (unpaired) electrons. The zero-order valence-electron chi connectivity index (χ0n) is 11.8. The maximum atomic E-state index is 11.7. The predicted molar refractivity (Wildman–Crippen MR) is 76.2 cm³/mol. The van der Waals surface area contributed by atoms with Gasteiger partial charge in [0, 0.05) is 6.54 Å². The SMILES string of the molecule is CC(C)OCc1ccc(CNC(=O)c2ccco2)cc1. The van der Waals surface area contributed by atoms with Crippen LogP contribution in [0.25, 0.3) is 0 Å². The minimum absolute atomic E-state index is 0.206. The van der Waals surface area contributed by atoms with Gasteiger partial charge in [0.15, 0.2) is 5.76 Å². The normalized spacial score (nSPS) is 10.8. The Kier molecular flexibility index (Phi) is 4.96. The van der Waals surface area contributed by atoms with Crippen LogP contribution in [0.15, 0.2) is 47.1 Å². The van der Waals surface area contributed by atoms with Crippen molar-refractivity contribution in [2.75, 3.05) is 0 Å². The lowest BCUT2D eigenvalue weighted by Crippen LogP contribution is -2.22. The Bertz CT molecular complexity index is 529. The third kappa shape index (κ3) is 4.24. The predicted octanol–water partition coefficient (Wildman–Crippen LogP) is 3.13. The molecule has 2 aromatic rings. The van der Waals surface area contributed by atoms with Crippen molar-refractivity contribution < 1.29 is 13.9 Å². The van der Waals surface area contributed by atoms with E-state index < -0.39 is 0 Å². The molecular formula is C16H19NO3. The molecule has 1 N–H and O–H groups in total. The third-order valence-corrected chi connectivity index (χ3v) is 2.80. The molecule has 0 aliphatic rings. The van der Waals surface area contributed by atoms with Crippen LogP contribution in [-0.2, 0) is 17.9 Å². The van der Waals surface area contributed by atoms with Crippen molar-refractivity contribution in [1.29, 1.82) is 0 Å². The fraction of sp³-hybridized carbons (Fsp3) is 0.312. The number of carbonyl (C=O) groups excluding carboxylic acids is 1. The molecule has 0 bridgehead atoms. The molecule has 0 atom stereocenters. The topological polar surface area (TPSA) is 51.5 Å². The van der Waals surface area contributed by atoms with Gasteiger partial charge < -0.3 is 14.5 Å². The lowest BCUT2D eigenvalue weighted by molar-refractivity contribution is 0.0657. The summed E-state index contributed by atoms with van der Waals surface area (Å²) in [6.07, 6.45) is 1.71. The maximum Gasteiger partial charge on any atom is 0.287 e. The summed E-state index contributed by atoms with van der Waals surface area (Å²) in [7, 11) is 0. The highest BCUT2D eigenvalue weighted by atomic mass is 16.5. The smallest absolute Gasteiger partial charge is 0.287 e. The molecule has 1 heterocycles. The number of hydrogen-bond donors (Lipinski definition) is 1. The molecule has 20 heavy (non-hydrogen) atoms. The molecule has 2 rings (SSSR count). The number of nitrogens with one attached hydrogen (secondary N) is 1. The molecule has 0 aliphatic heterocycles. The quantitative estimate of drug-likeness (QED) is 0.879. The first-order valence-electron chi connectivity index (χ1n) is 6.66. The molecule has 106 valence electrons. The van der Waals surface area contributed by atoms with Crippen LogP contribution >= 0.6 is 0 Å². The molecule has 0 fully saturated rings. The van der Waals surface area contributed by atoms with E-state index in [4.69, 9.17) is 9.15 Å². The van der Waals surface area contributed by atoms with Gasteiger partial charge in [-0.2, -0.15) is 0 Å². The Hall–Kier alpha value is -2.07. The minimum Gasteiger partial charge on any atom is -0.459 e. The van der Waals surface area contributed by atoms with E-state index in [2.05, 4.69) is 5.32 Å². The highest BCUT2D eigenvalue weighted by molar-refractivity contribution is 5.91. The van der Waals surface area contributed by atoms with Crippen LogP contribution in [0.3, 0.4) is 0 Å². The van der Waals surface area contributed by atoms with E-state index in [0.29, 0.717) is 18.9 Å². The second-order valence-corrected chi connectivity index (χ2v) is 4.84. The van der Waals surface area contributed by atoms with Gasteiger partial charge in [-0.25, -0.2) is 0 Å². The summed E-state index contributed by atoms with van der Waals surface area (Å²) >= 11 is 0. The lowest BCUT2D eigenvalue weighted by Gasteiger charge is -2.08. The van der Waals surface area contributed by atoms with Crippen LogP contribution in [-0.4, -0.2) is 12.0 Å². The molecule has 0 saturated carbocycles. The van der Waals surface area contributed by atoms with Gasteiger partial charge >= 0.3 is 0 Å². The summed E-state index contributed by atoms with van der Waals surface area (Å²) in [4.78, 5) is 11.7. The number of rotatable bonds is 6. The van der Waals surface area contributed by atoms with Crippen molar-refractivity contribution in [2.45, 2.75) is 33.1 Å². The first-order valence-corrected chi connectivity index (χ1v) is 6.66. The summed E-state index contributed by atoms with van der Waals surface area (Å²) < 4.78 is 10.6. The molecular weight excluding hydrogens is 254 g/mol. The molecule has 0 aliphatic carbocycles. The summed E-state index contributed by atoms with van der Waals surface area (Å²) in [5, 5.41) is 2.81. The zero-order chi connectivity index (χ0) is 14.4. The Morgan fingerprint density at radius 3 is 2.50 bits per heavy atom. The van der Waals surface area contributed by atoms with Crippen molar-refractivity contribution in [2.24, 2.45) is 0 Å². The van der Waals surface area contributed by atoms with E-state index in [1.54, 1.807) is 12.1 Å². The van der Waals surface area contributed by atoms with Gasteiger partial charge in [0.1, 0.15) is 0 Å². The highest BCUT2D eigenvalue weighted by Gasteiger charge is 2.07. The van der Waals surface area contributed by atoms with Crippen LogP contribution in [0.5, 0.6) is 0 Å². The third-order valence-electron chi connectivity index (χ3n) is 2.80. The fourth-order valence-corrected chi connectivity index (χ4v) is 1.69. The summed E-state index contributed by atoms with van der Waals surface area (Å²) in [6.45, 7) is 5.11. The molecule has 1 amide bonds. The summed E-state index contributed by atoms with van der Waals surface area (Å²) in [5.74, 6) is 0.120. The molecule has 0 spiro atoms. The van der Waals surface area contributed by atoms with Crippen molar-refractivity contribution in [3.63, 3.8) is 0 Å². The van der Waals surface area contributed by atoms with Gasteiger partial charge in [0.05, 0.1) is 19.0 Å². The Labute approximate surface area is 118 Å². The van der Waals surface area contributed by atoms with E-state index in [0.717, 1.165) is 11.1 Å². The number of carbonyl (C=O) groups is 1. The summed E-state index contributed by atoms with van der Waals surface area (Å²) in [6, 6.07) is 11.3. The largest absolute Gasteiger partial charge is 0.459 e. The molecule has 1 aromatic heterocycles. The number of ether oxygens (including phenoxy) is 1. The average molecular weight is 273 g/mol. The van der Waals surface area contributed by atoms with Crippen molar-refractivity contribution in [1.82, 2.24) is 5.32 Å². The Morgan fingerprint density at radius 2 is 1.90 bits per heavy atom. The first kappa shape index (κ1) is 14.3. The number of furan rings is 1. The highest BCUT2D eigenvalue weighted by Crippen LogP contribution is 2.07. The van der Waals surface area contributed by atoms with Crippen LogP contribution in [0, 0.1) is 0 Å². The number of hydrogen-bond acceptors (Lipinski definition) is 3. The van der Waals surface area contributed by atoms with Gasteiger partial charge in [-0.1, -0.05) is 24.3 Å². The first-order chi connectivity index (χ1) is 9.65. The minimum atomic E-state index is -0.206. The molecule has 0 saturated heterocycles. The molecule has 4 nitrogen and oxygen atoms in total. The number of amides is 1. The lowest BCUT2D eigenvalue weighted by atomic mass is 10.1. The standard InChI is InChI=1S/C16H19NO3/c1-12(2)20-11-14-7-5-13(6-8-14)10-17-16(18)15-4-3-9-19-15/h3-9,12H,10-11H2,1-2H3,(H,17,18). The van der Waals surface area contributed by atoms with Crippen LogP contribution in [0.2, 0.25) is 0 Å². The average Bonchev–Trinajstić information content (AvgIpc) is 2.98. The zero-order valence-corrected chi connectivity index (χ0v) is 11.8. The van der Waals surface area contributed by atoms with E-state index in [1.807, 2.05) is 38.1 Å². The van der Waals surface area contributed by atoms with Gasteiger partial charge in [-0.3, -0.25) is 4.79 Å². The van der Waals surface area contributed by atoms with Crippen molar-refractivity contribution in [3.8, 4) is 0 Å². The van der Waals surface area contributed by atoms with E-state index in [-0.39, 0.29) is 12.0 Å². The van der Waals surface area contributed by atoms with Gasteiger partial charge in [-0.05, 0) is 37.1 Å². The van der Waals surface area contributed by atoms with Gasteiger partial charge in [-0.15, -0.1) is 0 Å². The molecule has 1 aromatic carbocycles. The Balaban J connectivity index is 1.83.